The fraction of sp³-hybridized carbons (Fsp3) is 0.571. The van der Waals surface area contributed by atoms with Crippen LogP contribution >= 0.6 is 0 Å². The normalized spacial score (nSPS) is 13.0. The summed E-state index contributed by atoms with van der Waals surface area (Å²) in [6.45, 7) is 4.74. The van der Waals surface area contributed by atoms with Gasteiger partial charge in [0.05, 0.1) is 6.10 Å². The predicted molar refractivity (Wildman–Crippen MR) is 68.7 cm³/mol. The topological polar surface area (TPSA) is 21.3 Å². The third kappa shape index (κ3) is 5.29. The Kier molecular flexibility index (Phi) is 6.16. The lowest BCUT2D eigenvalue weighted by Gasteiger charge is -2.17. The summed E-state index contributed by atoms with van der Waals surface area (Å²) in [5.41, 5.74) is 0.761. The minimum Gasteiger partial charge on any atom is -0.379 e. The average molecular weight is 239 g/mol. The molecule has 0 saturated heterocycles. The Balaban J connectivity index is 2.44. The Labute approximate surface area is 103 Å². The summed E-state index contributed by atoms with van der Waals surface area (Å²) in [7, 11) is 1.90. The molecule has 17 heavy (non-hydrogen) atoms. The third-order valence-corrected chi connectivity index (χ3v) is 2.75. The van der Waals surface area contributed by atoms with Crippen molar-refractivity contribution in [1.82, 2.24) is 5.32 Å². The molecule has 0 aliphatic rings. The van der Waals surface area contributed by atoms with E-state index in [2.05, 4.69) is 5.32 Å². The van der Waals surface area contributed by atoms with E-state index in [0.717, 1.165) is 12.0 Å². The zero-order chi connectivity index (χ0) is 12.7. The van der Waals surface area contributed by atoms with Crippen LogP contribution in [0, 0.1) is 5.82 Å². The summed E-state index contributed by atoms with van der Waals surface area (Å²) in [6, 6.07) is 7.19. The van der Waals surface area contributed by atoms with Crippen molar-refractivity contribution in [2.24, 2.45) is 0 Å². The van der Waals surface area contributed by atoms with Crippen LogP contribution in [0.4, 0.5) is 4.39 Å². The fourth-order valence-corrected chi connectivity index (χ4v) is 1.72. The summed E-state index contributed by atoms with van der Waals surface area (Å²) in [5.74, 6) is -0.127. The van der Waals surface area contributed by atoms with Gasteiger partial charge >= 0.3 is 0 Å². The van der Waals surface area contributed by atoms with Crippen molar-refractivity contribution in [3.63, 3.8) is 0 Å². The Morgan fingerprint density at radius 1 is 1.29 bits per heavy atom. The second-order valence-corrected chi connectivity index (χ2v) is 4.49. The van der Waals surface area contributed by atoms with Gasteiger partial charge in [0.2, 0.25) is 0 Å². The van der Waals surface area contributed by atoms with Crippen LogP contribution in [0.1, 0.15) is 25.8 Å². The molecule has 0 saturated carbocycles. The summed E-state index contributed by atoms with van der Waals surface area (Å²) >= 11 is 0. The molecule has 0 aliphatic carbocycles. The first-order valence-electron chi connectivity index (χ1n) is 6.15. The molecule has 3 heteroatoms. The predicted octanol–water partition coefficient (Wildman–Crippen LogP) is 2.77. The number of likely N-dealkylation sites (N-methyl/N-ethyl adjacent to an activating group) is 1. The molecule has 1 aromatic carbocycles. The number of hydrogen-bond donors (Lipinski definition) is 1. The van der Waals surface area contributed by atoms with E-state index in [4.69, 9.17) is 4.74 Å². The number of benzene rings is 1. The molecule has 1 N–H and O–H groups in total. The van der Waals surface area contributed by atoms with Crippen LogP contribution in [0.15, 0.2) is 24.3 Å². The molecule has 1 aromatic rings. The van der Waals surface area contributed by atoms with Gasteiger partial charge in [0.1, 0.15) is 5.82 Å². The van der Waals surface area contributed by atoms with Gasteiger partial charge in [0, 0.05) is 12.6 Å². The standard InChI is InChI=1S/C14H22FNO/c1-11(2)17-9-8-13(16-3)10-12-6-4-5-7-14(12)15/h4-7,11,13,16H,8-10H2,1-3H3. The summed E-state index contributed by atoms with van der Waals surface area (Å²) in [5, 5.41) is 3.20. The maximum Gasteiger partial charge on any atom is 0.126 e. The van der Waals surface area contributed by atoms with Crippen molar-refractivity contribution in [1.29, 1.82) is 0 Å². The number of rotatable bonds is 7. The molecule has 1 unspecified atom stereocenters. The van der Waals surface area contributed by atoms with Crippen molar-refractivity contribution in [3.05, 3.63) is 35.6 Å². The maximum atomic E-state index is 13.5. The van der Waals surface area contributed by atoms with Crippen molar-refractivity contribution >= 4 is 0 Å². The molecule has 0 bridgehead atoms. The van der Waals surface area contributed by atoms with Crippen LogP contribution in [0.5, 0.6) is 0 Å². The lowest BCUT2D eigenvalue weighted by Crippen LogP contribution is -2.29. The van der Waals surface area contributed by atoms with E-state index in [0.29, 0.717) is 13.0 Å². The summed E-state index contributed by atoms with van der Waals surface area (Å²) in [6.07, 6.45) is 1.84. The number of ether oxygens (including phenoxy) is 1. The third-order valence-electron chi connectivity index (χ3n) is 2.75. The SMILES string of the molecule is CNC(CCOC(C)C)Cc1ccccc1F. The number of hydrogen-bond acceptors (Lipinski definition) is 2. The fourth-order valence-electron chi connectivity index (χ4n) is 1.72. The number of nitrogens with one attached hydrogen (secondary N) is 1. The second-order valence-electron chi connectivity index (χ2n) is 4.49. The van der Waals surface area contributed by atoms with E-state index in [-0.39, 0.29) is 18.0 Å². The van der Waals surface area contributed by atoms with Gasteiger partial charge < -0.3 is 10.1 Å². The number of halogens is 1. The van der Waals surface area contributed by atoms with Crippen molar-refractivity contribution in [2.45, 2.75) is 38.8 Å². The first kappa shape index (κ1) is 14.1. The van der Waals surface area contributed by atoms with Gasteiger partial charge in [-0.2, -0.15) is 0 Å². The second kappa shape index (κ2) is 7.41. The lowest BCUT2D eigenvalue weighted by atomic mass is 10.0. The van der Waals surface area contributed by atoms with Gasteiger partial charge in [0.25, 0.3) is 0 Å². The van der Waals surface area contributed by atoms with Crippen LogP contribution < -0.4 is 5.32 Å². The molecule has 0 fully saturated rings. The largest absolute Gasteiger partial charge is 0.379 e. The van der Waals surface area contributed by atoms with Crippen molar-refractivity contribution in [3.8, 4) is 0 Å². The highest BCUT2D eigenvalue weighted by Crippen LogP contribution is 2.10. The highest BCUT2D eigenvalue weighted by molar-refractivity contribution is 5.18. The quantitative estimate of drug-likeness (QED) is 0.790. The lowest BCUT2D eigenvalue weighted by molar-refractivity contribution is 0.0719. The minimum absolute atomic E-state index is 0.127. The van der Waals surface area contributed by atoms with E-state index >= 15 is 0 Å². The van der Waals surface area contributed by atoms with Gasteiger partial charge in [-0.3, -0.25) is 0 Å². The van der Waals surface area contributed by atoms with Crippen LogP contribution in [0.2, 0.25) is 0 Å². The van der Waals surface area contributed by atoms with Crippen LogP contribution in [-0.4, -0.2) is 25.8 Å². The Hall–Kier alpha value is -0.930. The molecule has 0 aliphatic heterocycles. The molecule has 0 spiro atoms. The van der Waals surface area contributed by atoms with Crippen molar-refractivity contribution in [2.75, 3.05) is 13.7 Å². The summed E-state index contributed by atoms with van der Waals surface area (Å²) in [4.78, 5) is 0. The van der Waals surface area contributed by atoms with E-state index in [1.54, 1.807) is 6.07 Å². The minimum atomic E-state index is -0.127. The molecular formula is C14H22FNO. The smallest absolute Gasteiger partial charge is 0.126 e. The highest BCUT2D eigenvalue weighted by atomic mass is 19.1. The van der Waals surface area contributed by atoms with E-state index < -0.39 is 0 Å². The first-order valence-corrected chi connectivity index (χ1v) is 6.15. The Morgan fingerprint density at radius 2 is 2.00 bits per heavy atom. The molecule has 96 valence electrons. The Morgan fingerprint density at radius 3 is 2.59 bits per heavy atom. The highest BCUT2D eigenvalue weighted by Gasteiger charge is 2.10. The average Bonchev–Trinajstić information content (AvgIpc) is 2.30. The molecule has 1 rings (SSSR count). The maximum absolute atomic E-state index is 13.5. The van der Waals surface area contributed by atoms with Gasteiger partial charge in [0.15, 0.2) is 0 Å². The molecule has 1 atom stereocenters. The summed E-state index contributed by atoms with van der Waals surface area (Å²) < 4.78 is 19.0. The Bertz CT molecular complexity index is 328. The van der Waals surface area contributed by atoms with E-state index in [1.165, 1.54) is 6.07 Å². The van der Waals surface area contributed by atoms with Gasteiger partial charge in [-0.05, 0) is 45.4 Å². The zero-order valence-corrected chi connectivity index (χ0v) is 10.9. The van der Waals surface area contributed by atoms with Crippen molar-refractivity contribution < 1.29 is 9.13 Å². The van der Waals surface area contributed by atoms with Gasteiger partial charge in [-0.25, -0.2) is 4.39 Å². The van der Waals surface area contributed by atoms with Crippen LogP contribution in [-0.2, 0) is 11.2 Å². The molecular weight excluding hydrogens is 217 g/mol. The van der Waals surface area contributed by atoms with E-state index in [9.17, 15) is 4.39 Å². The first-order chi connectivity index (χ1) is 8.13. The van der Waals surface area contributed by atoms with Crippen LogP contribution in [0.3, 0.4) is 0 Å². The van der Waals surface area contributed by atoms with Gasteiger partial charge in [-0.1, -0.05) is 18.2 Å². The van der Waals surface area contributed by atoms with E-state index in [1.807, 2.05) is 33.0 Å². The van der Waals surface area contributed by atoms with Gasteiger partial charge in [-0.15, -0.1) is 0 Å². The monoisotopic (exact) mass is 239 g/mol. The molecule has 0 radical (unpaired) electrons. The molecule has 0 amide bonds. The zero-order valence-electron chi connectivity index (χ0n) is 10.9. The molecule has 0 aromatic heterocycles. The van der Waals surface area contributed by atoms with Crippen LogP contribution in [0.25, 0.3) is 0 Å². The molecule has 2 nitrogen and oxygen atoms in total. The molecule has 0 heterocycles.